The monoisotopic (exact) mass is 388 g/mol. The molecule has 2 heterocycles. The molecule has 1 saturated carbocycles. The van der Waals surface area contributed by atoms with Crippen LogP contribution in [0.25, 0.3) is 0 Å². The summed E-state index contributed by atoms with van der Waals surface area (Å²) in [6.07, 6.45) is 5.74. The molecule has 0 bridgehead atoms. The predicted octanol–water partition coefficient (Wildman–Crippen LogP) is 1.09. The Kier molecular flexibility index (Phi) is 6.55. The van der Waals surface area contributed by atoms with Gasteiger partial charge in [0.25, 0.3) is 0 Å². The third kappa shape index (κ3) is 5.04. The van der Waals surface area contributed by atoms with Crippen LogP contribution in [0.15, 0.2) is 4.99 Å². The zero-order chi connectivity index (χ0) is 17.8. The van der Waals surface area contributed by atoms with E-state index in [4.69, 9.17) is 4.99 Å². The van der Waals surface area contributed by atoms with Crippen LogP contribution in [-0.2, 0) is 9.84 Å². The van der Waals surface area contributed by atoms with Crippen LogP contribution in [0, 0.1) is 0 Å². The molecule has 0 amide bonds. The minimum atomic E-state index is -2.87. The lowest BCUT2D eigenvalue weighted by atomic mass is 9.95. The molecule has 0 aromatic heterocycles. The summed E-state index contributed by atoms with van der Waals surface area (Å²) < 4.78 is 23.4. The number of thioether (sulfide) groups is 1. The molecule has 2 saturated heterocycles. The topological polar surface area (TPSA) is 73.8 Å². The van der Waals surface area contributed by atoms with E-state index in [0.29, 0.717) is 12.2 Å². The molecule has 3 fully saturated rings. The van der Waals surface area contributed by atoms with Crippen molar-refractivity contribution in [2.45, 2.75) is 50.6 Å². The van der Waals surface area contributed by atoms with Gasteiger partial charge in [0.15, 0.2) is 15.8 Å². The van der Waals surface area contributed by atoms with Gasteiger partial charge in [-0.2, -0.15) is 11.8 Å². The van der Waals surface area contributed by atoms with Gasteiger partial charge in [0, 0.05) is 42.7 Å². The molecule has 8 heteroatoms. The fraction of sp³-hybridized carbons (Fsp3) is 0.941. The summed E-state index contributed by atoms with van der Waals surface area (Å²) in [5, 5.41) is 6.66. The maximum Gasteiger partial charge on any atom is 0.191 e. The highest BCUT2D eigenvalue weighted by Gasteiger charge is 2.40. The molecule has 0 radical (unpaired) electrons. The Labute approximate surface area is 156 Å². The van der Waals surface area contributed by atoms with Gasteiger partial charge < -0.3 is 10.6 Å². The Hall–Kier alpha value is -0.470. The Morgan fingerprint density at radius 2 is 2.00 bits per heavy atom. The Morgan fingerprint density at radius 1 is 1.28 bits per heavy atom. The number of nitrogens with one attached hydrogen (secondary N) is 2. The van der Waals surface area contributed by atoms with E-state index >= 15 is 0 Å². The Balaban J connectivity index is 1.66. The summed E-state index contributed by atoms with van der Waals surface area (Å²) in [6, 6.07) is -0.00582. The number of hydrogen-bond acceptors (Lipinski definition) is 5. The van der Waals surface area contributed by atoms with E-state index in [1.807, 2.05) is 0 Å². The van der Waals surface area contributed by atoms with Crippen LogP contribution in [0.2, 0.25) is 0 Å². The quantitative estimate of drug-likeness (QED) is 0.543. The first-order valence-corrected chi connectivity index (χ1v) is 12.6. The molecule has 1 aliphatic carbocycles. The third-order valence-corrected chi connectivity index (χ3v) is 8.38. The van der Waals surface area contributed by atoms with Crippen LogP contribution in [0.4, 0.5) is 0 Å². The van der Waals surface area contributed by atoms with Gasteiger partial charge in [-0.3, -0.25) is 9.89 Å². The fourth-order valence-corrected chi connectivity index (χ4v) is 6.87. The second-order valence-corrected chi connectivity index (χ2v) is 10.9. The first-order chi connectivity index (χ1) is 12.0. The number of sulfone groups is 1. The van der Waals surface area contributed by atoms with Gasteiger partial charge >= 0.3 is 0 Å². The van der Waals surface area contributed by atoms with Crippen LogP contribution >= 0.6 is 11.8 Å². The summed E-state index contributed by atoms with van der Waals surface area (Å²) in [7, 11) is -2.87. The van der Waals surface area contributed by atoms with Gasteiger partial charge in [0.1, 0.15) is 0 Å². The van der Waals surface area contributed by atoms with Crippen molar-refractivity contribution in [3.63, 3.8) is 0 Å². The first-order valence-electron chi connectivity index (χ1n) is 9.61. The number of hydrogen-bond donors (Lipinski definition) is 2. The highest BCUT2D eigenvalue weighted by atomic mass is 32.2. The van der Waals surface area contributed by atoms with Crippen molar-refractivity contribution in [3.05, 3.63) is 0 Å². The van der Waals surface area contributed by atoms with Gasteiger partial charge in [-0.1, -0.05) is 12.8 Å². The van der Waals surface area contributed by atoms with E-state index in [1.54, 1.807) is 0 Å². The van der Waals surface area contributed by atoms with Crippen LogP contribution < -0.4 is 10.6 Å². The zero-order valence-corrected chi connectivity index (χ0v) is 16.9. The normalized spacial score (nSPS) is 29.6. The number of nitrogens with zero attached hydrogens (tertiary/aromatic N) is 2. The fourth-order valence-electron chi connectivity index (χ4n) is 4.29. The van der Waals surface area contributed by atoms with E-state index in [2.05, 4.69) is 34.2 Å². The summed E-state index contributed by atoms with van der Waals surface area (Å²) in [5.74, 6) is 3.75. The molecule has 25 heavy (non-hydrogen) atoms. The van der Waals surface area contributed by atoms with Crippen LogP contribution in [-0.4, -0.2) is 80.0 Å². The number of guanidine groups is 1. The summed E-state index contributed by atoms with van der Waals surface area (Å²) >= 11 is 2.05. The summed E-state index contributed by atoms with van der Waals surface area (Å²) in [5.41, 5.74) is 0.213. The molecular weight excluding hydrogens is 356 g/mol. The van der Waals surface area contributed by atoms with Gasteiger partial charge in [0.2, 0.25) is 0 Å². The smallest absolute Gasteiger partial charge is 0.191 e. The molecule has 2 N–H and O–H groups in total. The van der Waals surface area contributed by atoms with E-state index < -0.39 is 9.84 Å². The predicted molar refractivity (Wildman–Crippen MR) is 106 cm³/mol. The van der Waals surface area contributed by atoms with Crippen LogP contribution in [0.5, 0.6) is 0 Å². The molecule has 1 atom stereocenters. The minimum Gasteiger partial charge on any atom is -0.357 e. The van der Waals surface area contributed by atoms with Gasteiger partial charge in [-0.25, -0.2) is 8.42 Å². The highest BCUT2D eigenvalue weighted by Crippen LogP contribution is 2.37. The van der Waals surface area contributed by atoms with Crippen molar-refractivity contribution < 1.29 is 8.42 Å². The average Bonchev–Trinajstić information content (AvgIpc) is 3.21. The lowest BCUT2D eigenvalue weighted by Crippen LogP contribution is -2.53. The van der Waals surface area contributed by atoms with E-state index in [0.717, 1.165) is 19.0 Å². The second-order valence-electron chi connectivity index (χ2n) is 7.47. The molecule has 0 spiro atoms. The maximum atomic E-state index is 11.7. The lowest BCUT2D eigenvalue weighted by molar-refractivity contribution is 0.112. The first kappa shape index (κ1) is 19.3. The Morgan fingerprint density at radius 3 is 2.60 bits per heavy atom. The van der Waals surface area contributed by atoms with Crippen molar-refractivity contribution in [3.8, 4) is 0 Å². The highest BCUT2D eigenvalue weighted by molar-refractivity contribution is 7.99. The molecule has 3 aliphatic rings. The summed E-state index contributed by atoms with van der Waals surface area (Å²) in [4.78, 5) is 7.58. The van der Waals surface area contributed by atoms with Gasteiger partial charge in [0.05, 0.1) is 18.1 Å². The van der Waals surface area contributed by atoms with Crippen LogP contribution in [0.1, 0.15) is 39.0 Å². The summed E-state index contributed by atoms with van der Waals surface area (Å²) in [6.45, 7) is 6.00. The van der Waals surface area contributed by atoms with Crippen molar-refractivity contribution in [1.82, 2.24) is 15.5 Å². The molecule has 0 aromatic carbocycles. The molecular formula is C17H32N4O2S2. The van der Waals surface area contributed by atoms with E-state index in [-0.39, 0.29) is 17.3 Å². The van der Waals surface area contributed by atoms with E-state index in [9.17, 15) is 8.42 Å². The average molecular weight is 389 g/mol. The van der Waals surface area contributed by atoms with Crippen molar-refractivity contribution in [1.29, 1.82) is 0 Å². The molecule has 3 rings (SSSR count). The molecule has 0 aromatic rings. The molecule has 144 valence electrons. The molecule has 6 nitrogen and oxygen atoms in total. The third-order valence-electron chi connectivity index (χ3n) is 5.67. The number of rotatable bonds is 5. The van der Waals surface area contributed by atoms with Crippen molar-refractivity contribution in [2.75, 3.05) is 49.2 Å². The SMILES string of the molecule is CCNC(=NCC1(N2CCSCC2)CCCC1)NC1CCS(=O)(=O)C1. The van der Waals surface area contributed by atoms with Crippen molar-refractivity contribution >= 4 is 27.6 Å². The van der Waals surface area contributed by atoms with Crippen LogP contribution in [0.3, 0.4) is 0 Å². The maximum absolute atomic E-state index is 11.7. The largest absolute Gasteiger partial charge is 0.357 e. The van der Waals surface area contributed by atoms with Gasteiger partial charge in [-0.05, 0) is 26.2 Å². The van der Waals surface area contributed by atoms with Gasteiger partial charge in [-0.15, -0.1) is 0 Å². The van der Waals surface area contributed by atoms with Crippen molar-refractivity contribution in [2.24, 2.45) is 4.99 Å². The minimum absolute atomic E-state index is 0.00582. The standard InChI is InChI=1S/C17H32N4O2S2/c1-2-18-16(20-15-5-12-25(22,23)13-15)19-14-17(6-3-4-7-17)21-8-10-24-11-9-21/h15H,2-14H2,1H3,(H2,18,19,20). The molecule has 1 unspecified atom stereocenters. The zero-order valence-electron chi connectivity index (χ0n) is 15.3. The van der Waals surface area contributed by atoms with E-state index in [1.165, 1.54) is 50.3 Å². The second kappa shape index (κ2) is 8.48. The lowest BCUT2D eigenvalue weighted by Gasteiger charge is -2.42. The number of aliphatic imine (C=N–C) groups is 1. The Bertz CT molecular complexity index is 567. The molecule has 2 aliphatic heterocycles.